The number of anilines is 2. The van der Waals surface area contributed by atoms with Gasteiger partial charge < -0.3 is 45.3 Å². The van der Waals surface area contributed by atoms with Crippen LogP contribution >= 0.6 is 6.72 Å². The molecule has 2 saturated heterocycles. The molecule has 7 N–H and O–H groups in total. The first kappa shape index (κ1) is 30.1. The molecule has 4 aromatic rings. The molecule has 17 nitrogen and oxygen atoms in total. The molecule has 1 unspecified atom stereocenters. The second-order valence-corrected chi connectivity index (χ2v) is 13.2. The Bertz CT molecular complexity index is 1620. The standard InChI is InChI=1S/C24H34N11O6PS/c1-2-3-4-27-13-5-17(34-11-32-19-21(25)28-9-30-23(19)34)40-16(13)8-38-42(37,43)41-14-6-18(39-15(14)7-36)35-12-33-20-22(26)29-10-31-24(20)35/h9-18,27,36H,2-8H2,1H3,(H,37,43)(H2,25,28,30)(H2,26,29,31)/t13-,14-,15+,16+,17+,18+,42?/m0/s1. The molecule has 4 aromatic heterocycles. The van der Waals surface area contributed by atoms with E-state index < -0.39 is 37.5 Å². The van der Waals surface area contributed by atoms with E-state index in [1.165, 1.54) is 19.0 Å². The molecule has 232 valence electrons. The summed E-state index contributed by atoms with van der Waals surface area (Å²) in [6.07, 6.45) is 5.78. The molecule has 7 atom stereocenters. The third-order valence-corrected chi connectivity index (χ3v) is 9.19. The molecule has 0 amide bonds. The first-order chi connectivity index (χ1) is 20.8. The quantitative estimate of drug-likeness (QED) is 0.107. The van der Waals surface area contributed by atoms with Gasteiger partial charge in [-0.05, 0) is 24.8 Å². The number of hydrogen-bond acceptors (Lipinski definition) is 15. The summed E-state index contributed by atoms with van der Waals surface area (Å²) in [6.45, 7) is -1.26. The highest BCUT2D eigenvalue weighted by atomic mass is 32.5. The monoisotopic (exact) mass is 635 g/mol. The van der Waals surface area contributed by atoms with Crippen LogP contribution in [0.4, 0.5) is 11.6 Å². The SMILES string of the molecule is CCCCN[C@H]1C[C@H](n2cnc3c(N)ncnc32)O[C@@H]1COP(O)(=S)O[C@H]1C[C@H](n2cnc3c(N)ncnc32)O[C@@H]1CO. The summed E-state index contributed by atoms with van der Waals surface area (Å²) in [7, 11) is 0. The van der Waals surface area contributed by atoms with Crippen molar-refractivity contribution in [2.24, 2.45) is 0 Å². The fourth-order valence-corrected chi connectivity index (χ4v) is 6.89. The zero-order chi connectivity index (χ0) is 30.1. The van der Waals surface area contributed by atoms with Gasteiger partial charge in [0.05, 0.1) is 38.1 Å². The van der Waals surface area contributed by atoms with Crippen LogP contribution in [0.3, 0.4) is 0 Å². The number of aliphatic hydroxyl groups excluding tert-OH is 1. The number of fused-ring (bicyclic) bond motifs is 2. The maximum atomic E-state index is 11.1. The molecule has 0 bridgehead atoms. The van der Waals surface area contributed by atoms with Gasteiger partial charge in [0.15, 0.2) is 22.9 Å². The highest BCUT2D eigenvalue weighted by Gasteiger charge is 2.42. The van der Waals surface area contributed by atoms with Crippen molar-refractivity contribution in [3.05, 3.63) is 25.3 Å². The van der Waals surface area contributed by atoms with Gasteiger partial charge in [-0.15, -0.1) is 0 Å². The lowest BCUT2D eigenvalue weighted by Crippen LogP contribution is -2.39. The Labute approximate surface area is 251 Å². The summed E-state index contributed by atoms with van der Waals surface area (Å²) in [5.74, 6) is 0.528. The van der Waals surface area contributed by atoms with Crippen LogP contribution < -0.4 is 16.8 Å². The molecular weight excluding hydrogens is 601 g/mol. The van der Waals surface area contributed by atoms with Crippen molar-refractivity contribution in [3.63, 3.8) is 0 Å². The molecule has 6 rings (SSSR count). The molecule has 0 aromatic carbocycles. The minimum Gasteiger partial charge on any atom is -0.394 e. The van der Waals surface area contributed by atoms with Gasteiger partial charge in [0.1, 0.15) is 42.2 Å². The minimum absolute atomic E-state index is 0.0268. The Kier molecular flexibility index (Phi) is 8.81. The molecule has 6 heterocycles. The van der Waals surface area contributed by atoms with E-state index in [0.29, 0.717) is 28.7 Å². The predicted octanol–water partition coefficient (Wildman–Crippen LogP) is 0.775. The van der Waals surface area contributed by atoms with Gasteiger partial charge >= 0.3 is 6.72 Å². The lowest BCUT2D eigenvalue weighted by Gasteiger charge is -2.25. The van der Waals surface area contributed by atoms with Crippen molar-refractivity contribution in [2.75, 3.05) is 31.2 Å². The smallest absolute Gasteiger partial charge is 0.324 e. The first-order valence-electron chi connectivity index (χ1n) is 13.9. The maximum absolute atomic E-state index is 11.1. The van der Waals surface area contributed by atoms with Crippen molar-refractivity contribution >= 4 is 52.5 Å². The molecule has 0 spiro atoms. The number of nitrogens with one attached hydrogen (secondary N) is 1. The maximum Gasteiger partial charge on any atom is 0.324 e. The Morgan fingerprint density at radius 1 is 0.977 bits per heavy atom. The van der Waals surface area contributed by atoms with E-state index in [1.54, 1.807) is 10.9 Å². The molecule has 0 saturated carbocycles. The van der Waals surface area contributed by atoms with E-state index in [4.69, 9.17) is 41.8 Å². The molecule has 2 fully saturated rings. The van der Waals surface area contributed by atoms with Gasteiger partial charge in [0.25, 0.3) is 0 Å². The van der Waals surface area contributed by atoms with Crippen molar-refractivity contribution in [1.29, 1.82) is 0 Å². The van der Waals surface area contributed by atoms with Crippen LogP contribution in [0.15, 0.2) is 25.3 Å². The first-order valence-corrected chi connectivity index (χ1v) is 16.5. The lowest BCUT2D eigenvalue weighted by molar-refractivity contribution is -0.0452. The Balaban J connectivity index is 1.12. The molecular formula is C24H34N11O6PS. The summed E-state index contributed by atoms with van der Waals surface area (Å²) < 4.78 is 27.6. The van der Waals surface area contributed by atoms with Crippen molar-refractivity contribution < 1.29 is 28.5 Å². The van der Waals surface area contributed by atoms with Gasteiger partial charge in [-0.3, -0.25) is 9.13 Å². The van der Waals surface area contributed by atoms with Crippen LogP contribution in [0.2, 0.25) is 0 Å². The summed E-state index contributed by atoms with van der Waals surface area (Å²) >= 11 is 5.39. The van der Waals surface area contributed by atoms with Crippen molar-refractivity contribution in [2.45, 2.75) is 69.4 Å². The van der Waals surface area contributed by atoms with Crippen LogP contribution in [-0.4, -0.2) is 93.2 Å². The van der Waals surface area contributed by atoms with E-state index in [9.17, 15) is 10.00 Å². The topological polar surface area (TPSA) is 229 Å². The predicted molar refractivity (Wildman–Crippen MR) is 158 cm³/mol. The highest BCUT2D eigenvalue weighted by Crippen LogP contribution is 2.49. The fourth-order valence-electron chi connectivity index (χ4n) is 5.41. The second-order valence-electron chi connectivity index (χ2n) is 10.4. The van der Waals surface area contributed by atoms with E-state index in [1.807, 2.05) is 4.57 Å². The van der Waals surface area contributed by atoms with Crippen LogP contribution in [-0.2, 0) is 30.3 Å². The number of hydrogen-bond donors (Lipinski definition) is 5. The Morgan fingerprint density at radius 2 is 1.58 bits per heavy atom. The number of unbranched alkanes of at least 4 members (excludes halogenated alkanes) is 1. The average molecular weight is 636 g/mol. The zero-order valence-corrected chi connectivity index (χ0v) is 25.0. The molecule has 0 radical (unpaired) electrons. The van der Waals surface area contributed by atoms with Crippen LogP contribution in [0, 0.1) is 0 Å². The molecule has 2 aliphatic heterocycles. The normalized spacial score (nSPS) is 27.3. The summed E-state index contributed by atoms with van der Waals surface area (Å²) in [4.78, 5) is 36.2. The van der Waals surface area contributed by atoms with Gasteiger partial charge in [0.2, 0.25) is 0 Å². The van der Waals surface area contributed by atoms with Crippen LogP contribution in [0.25, 0.3) is 22.3 Å². The van der Waals surface area contributed by atoms with E-state index in [-0.39, 0.29) is 37.3 Å². The van der Waals surface area contributed by atoms with Crippen LogP contribution in [0.1, 0.15) is 45.1 Å². The number of ether oxygens (including phenoxy) is 2. The van der Waals surface area contributed by atoms with E-state index in [2.05, 4.69) is 42.1 Å². The Morgan fingerprint density at radius 3 is 2.19 bits per heavy atom. The molecule has 0 aliphatic carbocycles. The van der Waals surface area contributed by atoms with Gasteiger partial charge in [-0.2, -0.15) is 0 Å². The fraction of sp³-hybridized carbons (Fsp3) is 0.583. The second kappa shape index (κ2) is 12.6. The van der Waals surface area contributed by atoms with Gasteiger partial charge in [0, 0.05) is 18.9 Å². The number of nitrogen functional groups attached to an aromatic ring is 2. The minimum atomic E-state index is -3.78. The number of nitrogens with zero attached hydrogens (tertiary/aromatic N) is 8. The third kappa shape index (κ3) is 6.20. The third-order valence-electron chi connectivity index (χ3n) is 7.60. The molecule has 43 heavy (non-hydrogen) atoms. The lowest BCUT2D eigenvalue weighted by atomic mass is 10.1. The Hall–Kier alpha value is -2.93. The van der Waals surface area contributed by atoms with Gasteiger partial charge in [-0.1, -0.05) is 13.3 Å². The largest absolute Gasteiger partial charge is 0.394 e. The highest BCUT2D eigenvalue weighted by molar-refractivity contribution is 8.07. The molecule has 19 heteroatoms. The van der Waals surface area contributed by atoms with Crippen LogP contribution in [0.5, 0.6) is 0 Å². The molecule has 2 aliphatic rings. The summed E-state index contributed by atoms with van der Waals surface area (Å²) in [5, 5.41) is 13.5. The summed E-state index contributed by atoms with van der Waals surface area (Å²) in [5.41, 5.74) is 13.8. The number of nitrogens with two attached hydrogens (primary N) is 2. The number of aromatic nitrogens is 8. The van der Waals surface area contributed by atoms with E-state index in [0.717, 1.165) is 19.4 Å². The number of rotatable bonds is 12. The van der Waals surface area contributed by atoms with Crippen molar-refractivity contribution in [3.8, 4) is 0 Å². The number of imidazole rings is 2. The van der Waals surface area contributed by atoms with E-state index >= 15 is 0 Å². The number of aliphatic hydroxyl groups is 1. The average Bonchev–Trinajstić information content (AvgIpc) is 3.77. The van der Waals surface area contributed by atoms with Crippen molar-refractivity contribution in [1.82, 2.24) is 44.4 Å². The zero-order valence-electron chi connectivity index (χ0n) is 23.3. The van der Waals surface area contributed by atoms with Gasteiger partial charge in [-0.25, -0.2) is 29.9 Å². The summed E-state index contributed by atoms with van der Waals surface area (Å²) in [6, 6.07) is -0.100.